The number of rotatable bonds is 4. The first-order valence-electron chi connectivity index (χ1n) is 7.97. The Labute approximate surface area is 117 Å². The summed E-state index contributed by atoms with van der Waals surface area (Å²) in [5.74, 6) is 2.33. The molecule has 1 saturated carbocycles. The first-order chi connectivity index (χ1) is 9.08. The van der Waals surface area contributed by atoms with Gasteiger partial charge in [0.2, 0.25) is 5.91 Å². The maximum atomic E-state index is 12.4. The molecule has 0 aromatic carbocycles. The molecule has 1 saturated heterocycles. The molecule has 3 heteroatoms. The summed E-state index contributed by atoms with van der Waals surface area (Å²) < 4.78 is 5.57. The van der Waals surface area contributed by atoms with Crippen molar-refractivity contribution in [3.8, 4) is 0 Å². The van der Waals surface area contributed by atoms with E-state index in [0.29, 0.717) is 24.3 Å². The molecule has 0 aromatic heterocycles. The van der Waals surface area contributed by atoms with Crippen LogP contribution in [0.15, 0.2) is 0 Å². The van der Waals surface area contributed by atoms with Crippen LogP contribution in [0.4, 0.5) is 0 Å². The molecule has 0 aromatic rings. The summed E-state index contributed by atoms with van der Waals surface area (Å²) in [7, 11) is 0. The van der Waals surface area contributed by atoms with Gasteiger partial charge in [0.15, 0.2) is 0 Å². The number of ether oxygens (including phenoxy) is 1. The van der Waals surface area contributed by atoms with E-state index in [-0.39, 0.29) is 17.9 Å². The zero-order valence-electron chi connectivity index (χ0n) is 12.7. The summed E-state index contributed by atoms with van der Waals surface area (Å²) in [5.41, 5.74) is 0. The fourth-order valence-electron chi connectivity index (χ4n) is 3.65. The van der Waals surface area contributed by atoms with Gasteiger partial charge in [-0.1, -0.05) is 27.2 Å². The second kappa shape index (κ2) is 6.74. The van der Waals surface area contributed by atoms with Crippen molar-refractivity contribution < 1.29 is 9.53 Å². The molecule has 0 radical (unpaired) electrons. The van der Waals surface area contributed by atoms with Crippen molar-refractivity contribution in [1.29, 1.82) is 0 Å². The quantitative estimate of drug-likeness (QED) is 0.850. The number of hydrogen-bond donors (Lipinski definition) is 1. The Morgan fingerprint density at radius 3 is 2.74 bits per heavy atom. The van der Waals surface area contributed by atoms with Gasteiger partial charge in [-0.3, -0.25) is 4.79 Å². The Hall–Kier alpha value is -0.570. The first kappa shape index (κ1) is 14.8. The Morgan fingerprint density at radius 1 is 1.32 bits per heavy atom. The summed E-state index contributed by atoms with van der Waals surface area (Å²) in [6.45, 7) is 8.34. The molecule has 1 aliphatic heterocycles. The van der Waals surface area contributed by atoms with Crippen LogP contribution in [-0.2, 0) is 9.53 Å². The standard InChI is InChI=1S/C16H29NO2/c1-11(2)14-7-6-12(3)9-15(14)16(18)17-10-13-5-4-8-19-13/h11-15H,4-10H2,1-3H3,(H,17,18)/t12-,13+,14+,15-/m1/s1. The van der Waals surface area contributed by atoms with Crippen LogP contribution < -0.4 is 5.32 Å². The highest BCUT2D eigenvalue weighted by atomic mass is 16.5. The Balaban J connectivity index is 1.86. The molecule has 0 bridgehead atoms. The van der Waals surface area contributed by atoms with Gasteiger partial charge < -0.3 is 10.1 Å². The van der Waals surface area contributed by atoms with Crippen LogP contribution in [-0.4, -0.2) is 25.2 Å². The van der Waals surface area contributed by atoms with Gasteiger partial charge in [-0.25, -0.2) is 0 Å². The molecule has 2 aliphatic rings. The Morgan fingerprint density at radius 2 is 2.11 bits per heavy atom. The number of amides is 1. The summed E-state index contributed by atoms with van der Waals surface area (Å²) in [5, 5.41) is 3.14. The summed E-state index contributed by atoms with van der Waals surface area (Å²) >= 11 is 0. The van der Waals surface area contributed by atoms with E-state index in [1.807, 2.05) is 0 Å². The van der Waals surface area contributed by atoms with Gasteiger partial charge in [0.25, 0.3) is 0 Å². The second-order valence-electron chi connectivity index (χ2n) is 6.81. The minimum absolute atomic E-state index is 0.213. The lowest BCUT2D eigenvalue weighted by molar-refractivity contribution is -0.129. The predicted octanol–water partition coefficient (Wildman–Crippen LogP) is 2.99. The largest absolute Gasteiger partial charge is 0.376 e. The normalized spacial score (nSPS) is 35.6. The fraction of sp³-hybridized carbons (Fsp3) is 0.938. The highest BCUT2D eigenvalue weighted by Crippen LogP contribution is 2.38. The molecule has 1 heterocycles. The van der Waals surface area contributed by atoms with Gasteiger partial charge in [0.1, 0.15) is 0 Å². The third-order valence-electron chi connectivity index (χ3n) is 4.89. The van der Waals surface area contributed by atoms with Crippen LogP contribution >= 0.6 is 0 Å². The molecule has 1 N–H and O–H groups in total. The van der Waals surface area contributed by atoms with Gasteiger partial charge in [0, 0.05) is 19.1 Å². The van der Waals surface area contributed by atoms with Crippen LogP contribution in [0.5, 0.6) is 0 Å². The average Bonchev–Trinajstić information content (AvgIpc) is 2.88. The minimum Gasteiger partial charge on any atom is -0.376 e. The van der Waals surface area contributed by atoms with Crippen LogP contribution in [0.1, 0.15) is 52.9 Å². The lowest BCUT2D eigenvalue weighted by atomic mass is 9.70. The molecule has 19 heavy (non-hydrogen) atoms. The number of nitrogens with one attached hydrogen (secondary N) is 1. The second-order valence-corrected chi connectivity index (χ2v) is 6.81. The van der Waals surface area contributed by atoms with Crippen molar-refractivity contribution in [2.45, 2.75) is 59.0 Å². The molecular weight excluding hydrogens is 238 g/mol. The van der Waals surface area contributed by atoms with E-state index >= 15 is 0 Å². The smallest absolute Gasteiger partial charge is 0.223 e. The molecule has 4 atom stereocenters. The van der Waals surface area contributed by atoms with Crippen molar-refractivity contribution in [1.82, 2.24) is 5.32 Å². The predicted molar refractivity (Wildman–Crippen MR) is 76.8 cm³/mol. The summed E-state index contributed by atoms with van der Waals surface area (Å²) in [6, 6.07) is 0. The van der Waals surface area contributed by atoms with Crippen molar-refractivity contribution in [3.05, 3.63) is 0 Å². The van der Waals surface area contributed by atoms with E-state index in [1.54, 1.807) is 0 Å². The molecule has 0 unspecified atom stereocenters. The molecule has 110 valence electrons. The average molecular weight is 267 g/mol. The minimum atomic E-state index is 0.213. The van der Waals surface area contributed by atoms with Crippen LogP contribution in [0.3, 0.4) is 0 Å². The summed E-state index contributed by atoms with van der Waals surface area (Å²) in [6.07, 6.45) is 6.02. The Bertz CT molecular complexity index is 297. The monoisotopic (exact) mass is 267 g/mol. The third kappa shape index (κ3) is 3.95. The lowest BCUT2D eigenvalue weighted by Gasteiger charge is -2.36. The maximum Gasteiger partial charge on any atom is 0.223 e. The molecule has 3 nitrogen and oxygen atoms in total. The fourth-order valence-corrected chi connectivity index (χ4v) is 3.65. The van der Waals surface area contributed by atoms with Crippen LogP contribution in [0.25, 0.3) is 0 Å². The van der Waals surface area contributed by atoms with E-state index in [0.717, 1.165) is 25.9 Å². The highest BCUT2D eigenvalue weighted by Gasteiger charge is 2.35. The molecule has 0 spiro atoms. The Kier molecular flexibility index (Phi) is 5.26. The van der Waals surface area contributed by atoms with Gasteiger partial charge in [-0.05, 0) is 43.4 Å². The highest BCUT2D eigenvalue weighted by molar-refractivity contribution is 5.79. The molecule has 1 aliphatic carbocycles. The zero-order chi connectivity index (χ0) is 13.8. The molecular formula is C16H29NO2. The van der Waals surface area contributed by atoms with Crippen molar-refractivity contribution in [3.63, 3.8) is 0 Å². The summed E-state index contributed by atoms with van der Waals surface area (Å²) in [4.78, 5) is 12.4. The molecule has 2 fully saturated rings. The van der Waals surface area contributed by atoms with E-state index < -0.39 is 0 Å². The topological polar surface area (TPSA) is 38.3 Å². The van der Waals surface area contributed by atoms with Crippen molar-refractivity contribution in [2.24, 2.45) is 23.7 Å². The molecule has 1 amide bonds. The number of carbonyl (C=O) groups is 1. The van der Waals surface area contributed by atoms with E-state index in [2.05, 4.69) is 26.1 Å². The van der Waals surface area contributed by atoms with E-state index in [9.17, 15) is 4.79 Å². The van der Waals surface area contributed by atoms with Crippen LogP contribution in [0, 0.1) is 23.7 Å². The van der Waals surface area contributed by atoms with Gasteiger partial charge in [-0.2, -0.15) is 0 Å². The maximum absolute atomic E-state index is 12.4. The van der Waals surface area contributed by atoms with Crippen molar-refractivity contribution >= 4 is 5.91 Å². The van der Waals surface area contributed by atoms with Crippen LogP contribution in [0.2, 0.25) is 0 Å². The third-order valence-corrected chi connectivity index (χ3v) is 4.89. The van der Waals surface area contributed by atoms with Gasteiger partial charge in [0.05, 0.1) is 6.10 Å². The lowest BCUT2D eigenvalue weighted by Crippen LogP contribution is -2.42. The van der Waals surface area contributed by atoms with E-state index in [4.69, 9.17) is 4.74 Å². The number of carbonyl (C=O) groups excluding carboxylic acids is 1. The number of hydrogen-bond acceptors (Lipinski definition) is 2. The molecule has 2 rings (SSSR count). The first-order valence-corrected chi connectivity index (χ1v) is 7.97. The zero-order valence-corrected chi connectivity index (χ0v) is 12.7. The van der Waals surface area contributed by atoms with Gasteiger partial charge in [-0.15, -0.1) is 0 Å². The van der Waals surface area contributed by atoms with Gasteiger partial charge >= 0.3 is 0 Å². The van der Waals surface area contributed by atoms with Crippen molar-refractivity contribution in [2.75, 3.05) is 13.2 Å². The SMILES string of the molecule is CC(C)[C@@H]1CC[C@@H](C)C[C@H]1C(=O)NC[C@@H]1CCCO1. The van der Waals surface area contributed by atoms with E-state index in [1.165, 1.54) is 12.8 Å².